The average Bonchev–Trinajstić information content (AvgIpc) is 2.66. The van der Waals surface area contributed by atoms with Gasteiger partial charge in [-0.05, 0) is 48.4 Å². The van der Waals surface area contributed by atoms with Crippen LogP contribution in [-0.4, -0.2) is 35.9 Å². The van der Waals surface area contributed by atoms with Gasteiger partial charge in [0.2, 0.25) is 0 Å². The van der Waals surface area contributed by atoms with E-state index < -0.39 is 17.5 Å². The number of allylic oxidation sites excluding steroid dienone is 2. The molecule has 0 aliphatic carbocycles. The van der Waals surface area contributed by atoms with Crippen molar-refractivity contribution >= 4 is 17.5 Å². The van der Waals surface area contributed by atoms with E-state index in [9.17, 15) is 19.8 Å². The molecule has 1 rings (SSSR count). The van der Waals surface area contributed by atoms with Gasteiger partial charge in [-0.1, -0.05) is 33.3 Å². The number of rotatable bonds is 12. The Kier molecular flexibility index (Phi) is 9.28. The van der Waals surface area contributed by atoms with Crippen molar-refractivity contribution in [3.63, 3.8) is 0 Å². The Morgan fingerprint density at radius 3 is 2.21 bits per heavy atom. The first-order valence-electron chi connectivity index (χ1n) is 9.54. The Morgan fingerprint density at radius 1 is 1.14 bits per heavy atom. The van der Waals surface area contributed by atoms with Gasteiger partial charge in [0.25, 0.3) is 0 Å². The van der Waals surface area contributed by atoms with E-state index in [1.54, 1.807) is 19.1 Å². The number of hydrogen-bond donors (Lipinski definition) is 2. The molecule has 0 spiro atoms. The molecule has 1 aromatic carbocycles. The zero-order valence-electron chi connectivity index (χ0n) is 17.1. The summed E-state index contributed by atoms with van der Waals surface area (Å²) >= 11 is 0. The molecule has 0 amide bonds. The largest absolute Gasteiger partial charge is 0.493 e. The number of methoxy groups -OCH3 is 1. The van der Waals surface area contributed by atoms with E-state index in [4.69, 9.17) is 9.47 Å². The van der Waals surface area contributed by atoms with Crippen LogP contribution in [0.5, 0.6) is 11.5 Å². The molecule has 0 aromatic heterocycles. The molecule has 0 heterocycles. The maximum atomic E-state index is 11.6. The molecular weight excluding hydrogens is 360 g/mol. The van der Waals surface area contributed by atoms with Crippen molar-refractivity contribution in [3.8, 4) is 11.5 Å². The number of hydrogen-bond acceptors (Lipinski definition) is 4. The van der Waals surface area contributed by atoms with E-state index in [2.05, 4.69) is 13.5 Å². The van der Waals surface area contributed by atoms with Crippen LogP contribution in [0.25, 0.3) is 5.57 Å². The maximum Gasteiger partial charge on any atom is 0.343 e. The highest BCUT2D eigenvalue weighted by Crippen LogP contribution is 2.41. The Morgan fingerprint density at radius 2 is 1.79 bits per heavy atom. The third-order valence-electron chi connectivity index (χ3n) is 4.54. The fourth-order valence-electron chi connectivity index (χ4n) is 3.25. The van der Waals surface area contributed by atoms with Crippen LogP contribution in [0.1, 0.15) is 56.7 Å². The summed E-state index contributed by atoms with van der Waals surface area (Å²) in [6.45, 7) is 10.1. The zero-order valence-corrected chi connectivity index (χ0v) is 17.1. The Balaban J connectivity index is 3.87. The van der Waals surface area contributed by atoms with E-state index in [0.717, 1.165) is 24.0 Å². The molecule has 0 aliphatic heterocycles. The van der Waals surface area contributed by atoms with Gasteiger partial charge in [-0.25, -0.2) is 9.59 Å². The number of benzene rings is 1. The molecule has 154 valence electrons. The lowest BCUT2D eigenvalue weighted by Gasteiger charge is -2.22. The van der Waals surface area contributed by atoms with Crippen LogP contribution in [0.15, 0.2) is 24.3 Å². The predicted octanol–water partition coefficient (Wildman–Crippen LogP) is 4.50. The van der Waals surface area contributed by atoms with Gasteiger partial charge in [0, 0.05) is 5.56 Å². The minimum absolute atomic E-state index is 0.258. The third kappa shape index (κ3) is 5.15. The van der Waals surface area contributed by atoms with Crippen LogP contribution in [0.3, 0.4) is 0 Å². The number of carbonyl (C=O) groups is 2. The second-order valence-corrected chi connectivity index (χ2v) is 6.28. The molecule has 28 heavy (non-hydrogen) atoms. The van der Waals surface area contributed by atoms with Crippen LogP contribution in [0.2, 0.25) is 0 Å². The average molecular weight is 390 g/mol. The topological polar surface area (TPSA) is 93.1 Å². The van der Waals surface area contributed by atoms with E-state index in [1.165, 1.54) is 7.11 Å². The molecular formula is C22H30O6. The summed E-state index contributed by atoms with van der Waals surface area (Å²) in [7, 11) is 1.51. The first-order chi connectivity index (χ1) is 13.4. The van der Waals surface area contributed by atoms with Crippen LogP contribution < -0.4 is 9.47 Å². The van der Waals surface area contributed by atoms with Crippen molar-refractivity contribution in [1.29, 1.82) is 0 Å². The second kappa shape index (κ2) is 11.2. The summed E-state index contributed by atoms with van der Waals surface area (Å²) in [5, 5.41) is 18.9. The van der Waals surface area contributed by atoms with E-state index >= 15 is 0 Å². The summed E-state index contributed by atoms with van der Waals surface area (Å²) in [5.41, 5.74) is 1.92. The van der Waals surface area contributed by atoms with Gasteiger partial charge in [0.05, 0.1) is 13.7 Å². The number of unbranched alkanes of at least 4 members (excludes halogenated alkanes) is 1. The van der Waals surface area contributed by atoms with Crippen LogP contribution in [0.4, 0.5) is 0 Å². The summed E-state index contributed by atoms with van der Waals surface area (Å²) in [6, 6.07) is 1.69. The van der Waals surface area contributed by atoms with Crippen molar-refractivity contribution < 1.29 is 29.3 Å². The summed E-state index contributed by atoms with van der Waals surface area (Å²) in [5.74, 6) is -1.85. The molecule has 2 N–H and O–H groups in total. The van der Waals surface area contributed by atoms with Gasteiger partial charge in [-0.2, -0.15) is 0 Å². The molecule has 6 heteroatoms. The maximum absolute atomic E-state index is 11.6. The molecule has 0 saturated heterocycles. The van der Waals surface area contributed by atoms with Crippen molar-refractivity contribution in [2.75, 3.05) is 13.7 Å². The van der Waals surface area contributed by atoms with Gasteiger partial charge >= 0.3 is 11.9 Å². The van der Waals surface area contributed by atoms with E-state index in [0.29, 0.717) is 36.5 Å². The molecule has 0 atom stereocenters. The van der Waals surface area contributed by atoms with Gasteiger partial charge in [-0.15, -0.1) is 6.58 Å². The first-order valence-corrected chi connectivity index (χ1v) is 9.54. The first kappa shape index (κ1) is 23.3. The fraction of sp³-hybridized carbons (Fsp3) is 0.455. The summed E-state index contributed by atoms with van der Waals surface area (Å²) in [4.78, 5) is 23.2. The highest BCUT2D eigenvalue weighted by Gasteiger charge is 2.26. The number of carboxylic acids is 2. The SMILES string of the molecule is C=CCc1c(CC)c(C(CC)=C(C(=O)O)C(=O)O)cc(OC)c1OCCCC. The number of carboxylic acid groups (broad SMARTS) is 2. The van der Waals surface area contributed by atoms with Gasteiger partial charge in [0.15, 0.2) is 11.5 Å². The molecule has 1 aromatic rings. The molecule has 6 nitrogen and oxygen atoms in total. The molecule has 0 radical (unpaired) electrons. The second-order valence-electron chi connectivity index (χ2n) is 6.28. The number of ether oxygens (including phenoxy) is 2. The van der Waals surface area contributed by atoms with Crippen molar-refractivity contribution in [2.45, 2.75) is 52.9 Å². The number of aliphatic carboxylic acids is 2. The Bertz CT molecular complexity index is 745. The zero-order chi connectivity index (χ0) is 21.3. The third-order valence-corrected chi connectivity index (χ3v) is 4.54. The molecule has 0 aliphatic rings. The van der Waals surface area contributed by atoms with Crippen molar-refractivity contribution in [2.24, 2.45) is 0 Å². The van der Waals surface area contributed by atoms with Crippen molar-refractivity contribution in [3.05, 3.63) is 41.0 Å². The molecule has 0 saturated carbocycles. The van der Waals surface area contributed by atoms with Crippen molar-refractivity contribution in [1.82, 2.24) is 0 Å². The predicted molar refractivity (Wildman–Crippen MR) is 109 cm³/mol. The molecule has 0 unspecified atom stereocenters. The van der Waals surface area contributed by atoms with Crippen LogP contribution in [0, 0.1) is 0 Å². The highest BCUT2D eigenvalue weighted by atomic mass is 16.5. The Hall–Kier alpha value is -2.76. The van der Waals surface area contributed by atoms with Crippen LogP contribution >= 0.6 is 0 Å². The molecule has 0 fully saturated rings. The molecule has 0 bridgehead atoms. The standard InChI is InChI=1S/C22H30O6/c1-6-10-12-28-20-16(11-7-2)14(8-3)17(13-18(20)27-5)15(9-4)19(21(23)24)22(25)26/h7,13H,2,6,8-12H2,1,3-5H3,(H,23,24)(H,25,26). The monoisotopic (exact) mass is 390 g/mol. The minimum atomic E-state index is -1.46. The normalized spacial score (nSPS) is 10.3. The Labute approximate surface area is 166 Å². The van der Waals surface area contributed by atoms with Gasteiger partial charge < -0.3 is 19.7 Å². The lowest BCUT2D eigenvalue weighted by Crippen LogP contribution is -2.15. The quantitative estimate of drug-likeness (QED) is 0.179. The van der Waals surface area contributed by atoms with E-state index in [1.807, 2.05) is 6.92 Å². The fourth-order valence-corrected chi connectivity index (χ4v) is 3.25. The van der Waals surface area contributed by atoms with Gasteiger partial charge in [-0.3, -0.25) is 0 Å². The summed E-state index contributed by atoms with van der Waals surface area (Å²) in [6.07, 6.45) is 4.97. The lowest BCUT2D eigenvalue weighted by molar-refractivity contribution is -0.140. The lowest BCUT2D eigenvalue weighted by atomic mass is 9.87. The highest BCUT2D eigenvalue weighted by molar-refractivity contribution is 6.18. The van der Waals surface area contributed by atoms with Gasteiger partial charge in [0.1, 0.15) is 5.57 Å². The minimum Gasteiger partial charge on any atom is -0.493 e. The smallest absolute Gasteiger partial charge is 0.343 e. The summed E-state index contributed by atoms with van der Waals surface area (Å²) < 4.78 is 11.5. The van der Waals surface area contributed by atoms with Crippen LogP contribution in [-0.2, 0) is 22.4 Å². The van der Waals surface area contributed by atoms with E-state index in [-0.39, 0.29) is 12.0 Å².